The molecule has 2 rings (SSSR count). The van der Waals surface area contributed by atoms with Gasteiger partial charge in [0.05, 0.1) is 23.7 Å². The van der Waals surface area contributed by atoms with Crippen molar-refractivity contribution in [1.82, 2.24) is 4.98 Å². The van der Waals surface area contributed by atoms with Crippen LogP contribution in [0.15, 0.2) is 35.5 Å². The smallest absolute Gasteiger partial charge is 0.417 e. The van der Waals surface area contributed by atoms with Gasteiger partial charge in [-0.05, 0) is 25.1 Å². The fraction of sp³-hybridized carbons (Fsp3) is 0.294. The lowest BCUT2D eigenvalue weighted by Crippen LogP contribution is -2.10. The zero-order valence-corrected chi connectivity index (χ0v) is 14.6. The van der Waals surface area contributed by atoms with E-state index in [0.29, 0.717) is 31.0 Å². The first-order valence-electron chi connectivity index (χ1n) is 7.74. The molecule has 0 atom stereocenters. The number of alkyl halides is 3. The van der Waals surface area contributed by atoms with Gasteiger partial charge in [0.1, 0.15) is 5.82 Å². The average molecular weight is 388 g/mol. The zero-order valence-electron chi connectivity index (χ0n) is 13.8. The monoisotopic (exact) mass is 387 g/mol. The Hall–Kier alpha value is -2.48. The minimum atomic E-state index is -4.49. The Morgan fingerprint density at radius 3 is 2.81 bits per heavy atom. The highest BCUT2D eigenvalue weighted by Gasteiger charge is 2.31. The number of phenols is 1. The van der Waals surface area contributed by atoms with Gasteiger partial charge in [0, 0.05) is 24.5 Å². The Labute approximate surface area is 153 Å². The predicted octanol–water partition coefficient (Wildman–Crippen LogP) is 4.39. The minimum absolute atomic E-state index is 0.00138. The molecule has 2 N–H and O–H groups in total. The fourth-order valence-electron chi connectivity index (χ4n) is 2.04. The second-order valence-electron chi connectivity index (χ2n) is 5.14. The maximum absolute atomic E-state index is 12.6. The van der Waals surface area contributed by atoms with Crippen LogP contribution in [0.4, 0.5) is 19.0 Å². The van der Waals surface area contributed by atoms with Crippen molar-refractivity contribution in [2.45, 2.75) is 13.1 Å². The molecule has 0 spiro atoms. The lowest BCUT2D eigenvalue weighted by molar-refractivity contribution is -0.137. The van der Waals surface area contributed by atoms with Gasteiger partial charge in [0.15, 0.2) is 11.5 Å². The molecule has 0 radical (unpaired) electrons. The third-order valence-electron chi connectivity index (χ3n) is 3.26. The van der Waals surface area contributed by atoms with E-state index >= 15 is 0 Å². The summed E-state index contributed by atoms with van der Waals surface area (Å²) in [6.07, 6.45) is -2.28. The number of aliphatic imine (C=N–C) groups is 1. The predicted molar refractivity (Wildman–Crippen MR) is 94.5 cm³/mol. The SMILES string of the molecule is CCOc1cccc(C=NCCNc2ncc(C(F)(F)F)cc2Cl)c1O. The van der Waals surface area contributed by atoms with Crippen molar-refractivity contribution in [1.29, 1.82) is 0 Å². The number of aromatic hydroxyl groups is 1. The number of pyridine rings is 1. The molecule has 0 aliphatic rings. The summed E-state index contributed by atoms with van der Waals surface area (Å²) >= 11 is 5.80. The van der Waals surface area contributed by atoms with Crippen molar-refractivity contribution >= 4 is 23.6 Å². The highest BCUT2D eigenvalue weighted by atomic mass is 35.5. The lowest BCUT2D eigenvalue weighted by Gasteiger charge is -2.10. The summed E-state index contributed by atoms with van der Waals surface area (Å²) in [5.74, 6) is 0.518. The molecule has 0 fully saturated rings. The van der Waals surface area contributed by atoms with E-state index in [2.05, 4.69) is 15.3 Å². The minimum Gasteiger partial charge on any atom is -0.504 e. The van der Waals surface area contributed by atoms with E-state index < -0.39 is 11.7 Å². The first-order chi connectivity index (χ1) is 12.3. The molecule has 140 valence electrons. The van der Waals surface area contributed by atoms with E-state index in [4.69, 9.17) is 16.3 Å². The molecule has 0 saturated heterocycles. The van der Waals surface area contributed by atoms with Crippen LogP contribution < -0.4 is 10.1 Å². The van der Waals surface area contributed by atoms with Gasteiger partial charge >= 0.3 is 6.18 Å². The van der Waals surface area contributed by atoms with Crippen molar-refractivity contribution < 1.29 is 23.0 Å². The van der Waals surface area contributed by atoms with Gasteiger partial charge < -0.3 is 15.2 Å². The quantitative estimate of drug-likeness (QED) is 0.546. The van der Waals surface area contributed by atoms with Crippen LogP contribution in [0.1, 0.15) is 18.1 Å². The van der Waals surface area contributed by atoms with Gasteiger partial charge in [-0.3, -0.25) is 4.99 Å². The Morgan fingerprint density at radius 2 is 2.15 bits per heavy atom. The van der Waals surface area contributed by atoms with Gasteiger partial charge in [-0.2, -0.15) is 13.2 Å². The second kappa shape index (κ2) is 8.75. The summed E-state index contributed by atoms with van der Waals surface area (Å²) < 4.78 is 42.9. The van der Waals surface area contributed by atoms with Crippen LogP contribution in [0.5, 0.6) is 11.5 Å². The molecule has 26 heavy (non-hydrogen) atoms. The van der Waals surface area contributed by atoms with E-state index in [0.717, 1.165) is 12.3 Å². The van der Waals surface area contributed by atoms with E-state index in [1.165, 1.54) is 6.21 Å². The third kappa shape index (κ3) is 5.26. The first-order valence-corrected chi connectivity index (χ1v) is 8.12. The van der Waals surface area contributed by atoms with Crippen molar-refractivity contribution in [2.24, 2.45) is 4.99 Å². The number of aromatic nitrogens is 1. The van der Waals surface area contributed by atoms with Gasteiger partial charge in [0.25, 0.3) is 0 Å². The van der Waals surface area contributed by atoms with Crippen molar-refractivity contribution in [3.05, 3.63) is 46.6 Å². The summed E-state index contributed by atoms with van der Waals surface area (Å²) in [5.41, 5.74) is -0.405. The molecule has 2 aromatic rings. The highest BCUT2D eigenvalue weighted by molar-refractivity contribution is 6.32. The topological polar surface area (TPSA) is 66.7 Å². The summed E-state index contributed by atoms with van der Waals surface area (Å²) in [6.45, 7) is 2.85. The second-order valence-corrected chi connectivity index (χ2v) is 5.55. The normalized spacial score (nSPS) is 11.7. The Bertz CT molecular complexity index is 782. The van der Waals surface area contributed by atoms with Gasteiger partial charge in [-0.25, -0.2) is 4.98 Å². The number of ether oxygens (including phenoxy) is 1. The molecule has 0 aliphatic carbocycles. The number of nitrogens with one attached hydrogen (secondary N) is 1. The summed E-state index contributed by atoms with van der Waals surface area (Å²) in [5, 5.41) is 12.7. The first kappa shape index (κ1) is 19.8. The average Bonchev–Trinajstić information content (AvgIpc) is 2.58. The summed E-state index contributed by atoms with van der Waals surface area (Å²) in [4.78, 5) is 7.83. The lowest BCUT2D eigenvalue weighted by atomic mass is 10.2. The number of anilines is 1. The molecule has 0 saturated carbocycles. The van der Waals surface area contributed by atoms with Crippen LogP contribution in [0.3, 0.4) is 0 Å². The Balaban J connectivity index is 1.91. The van der Waals surface area contributed by atoms with E-state index in [-0.39, 0.29) is 16.6 Å². The van der Waals surface area contributed by atoms with Crippen LogP contribution in [0.2, 0.25) is 5.02 Å². The molecule has 5 nitrogen and oxygen atoms in total. The number of nitrogens with zero attached hydrogens (tertiary/aromatic N) is 2. The number of hydrogen-bond donors (Lipinski definition) is 2. The van der Waals surface area contributed by atoms with Crippen LogP contribution in [0.25, 0.3) is 0 Å². The standard InChI is InChI=1S/C17H17ClF3N3O2/c1-2-26-14-5-3-4-11(15(14)25)9-22-6-7-23-16-13(18)8-12(10-24-16)17(19,20)21/h3-5,8-10,25H,2,6-7H2,1H3,(H,23,24). The van der Waals surface area contributed by atoms with Crippen LogP contribution in [0, 0.1) is 0 Å². The van der Waals surface area contributed by atoms with E-state index in [1.54, 1.807) is 18.2 Å². The Morgan fingerprint density at radius 1 is 1.38 bits per heavy atom. The summed E-state index contributed by atoms with van der Waals surface area (Å²) in [6, 6.07) is 5.88. The van der Waals surface area contributed by atoms with Crippen LogP contribution >= 0.6 is 11.6 Å². The molecular formula is C17H17ClF3N3O2. The van der Waals surface area contributed by atoms with Crippen LogP contribution in [-0.2, 0) is 6.18 Å². The number of halogens is 4. The third-order valence-corrected chi connectivity index (χ3v) is 3.55. The molecule has 0 bridgehead atoms. The maximum atomic E-state index is 12.6. The molecule has 9 heteroatoms. The number of para-hydroxylation sites is 1. The van der Waals surface area contributed by atoms with Crippen molar-refractivity contribution in [2.75, 3.05) is 25.0 Å². The van der Waals surface area contributed by atoms with Gasteiger partial charge in [-0.1, -0.05) is 17.7 Å². The van der Waals surface area contributed by atoms with Gasteiger partial charge in [0.2, 0.25) is 0 Å². The number of hydrogen-bond acceptors (Lipinski definition) is 5. The number of phenolic OH excluding ortho intramolecular Hbond substituents is 1. The molecule has 1 aromatic carbocycles. The molecule has 0 unspecified atom stereocenters. The molecule has 0 aliphatic heterocycles. The fourth-order valence-corrected chi connectivity index (χ4v) is 2.27. The summed E-state index contributed by atoms with van der Waals surface area (Å²) in [7, 11) is 0. The maximum Gasteiger partial charge on any atom is 0.417 e. The van der Waals surface area contributed by atoms with E-state index in [1.807, 2.05) is 6.92 Å². The molecule has 1 heterocycles. The number of benzene rings is 1. The Kier molecular flexibility index (Phi) is 6.68. The van der Waals surface area contributed by atoms with Crippen LogP contribution in [-0.4, -0.2) is 36.0 Å². The highest BCUT2D eigenvalue weighted by Crippen LogP contribution is 2.32. The molecule has 1 aromatic heterocycles. The number of rotatable bonds is 7. The van der Waals surface area contributed by atoms with Crippen molar-refractivity contribution in [3.8, 4) is 11.5 Å². The molecule has 0 amide bonds. The van der Waals surface area contributed by atoms with Crippen molar-refractivity contribution in [3.63, 3.8) is 0 Å². The van der Waals surface area contributed by atoms with Gasteiger partial charge in [-0.15, -0.1) is 0 Å². The largest absolute Gasteiger partial charge is 0.504 e. The van der Waals surface area contributed by atoms with E-state index in [9.17, 15) is 18.3 Å². The molecular weight excluding hydrogens is 371 g/mol. The zero-order chi connectivity index (χ0) is 19.2.